The largest absolute Gasteiger partial charge is 0.489 e. The standard InChI is InChI=1S/C20H20O3/c1-13(2)18-11-17(23-12-14-6-4-3-5-7-14)9-15-8-16(20(21)22)10-19(15)18/h3-7,9-11,13H,8,12H2,1-2H3,(H,21,22). The molecular weight excluding hydrogens is 288 g/mol. The summed E-state index contributed by atoms with van der Waals surface area (Å²) in [5.41, 5.74) is 4.79. The molecule has 0 atom stereocenters. The second kappa shape index (κ2) is 6.29. The predicted octanol–water partition coefficient (Wildman–Crippen LogP) is 4.41. The van der Waals surface area contributed by atoms with Crippen LogP contribution in [0.1, 0.15) is 42.0 Å². The van der Waals surface area contributed by atoms with Crippen molar-refractivity contribution in [2.45, 2.75) is 32.8 Å². The van der Waals surface area contributed by atoms with Gasteiger partial charge in [-0.05, 0) is 46.4 Å². The molecule has 1 aliphatic carbocycles. The van der Waals surface area contributed by atoms with Crippen molar-refractivity contribution < 1.29 is 14.6 Å². The van der Waals surface area contributed by atoms with Gasteiger partial charge in [-0.1, -0.05) is 44.2 Å². The number of hydrogen-bond acceptors (Lipinski definition) is 2. The van der Waals surface area contributed by atoms with Crippen LogP contribution in [0.15, 0.2) is 48.0 Å². The lowest BCUT2D eigenvalue weighted by Crippen LogP contribution is -2.01. The van der Waals surface area contributed by atoms with Crippen LogP contribution in [0.25, 0.3) is 6.08 Å². The fraction of sp³-hybridized carbons (Fsp3) is 0.250. The molecule has 2 aromatic carbocycles. The zero-order valence-electron chi connectivity index (χ0n) is 13.4. The molecule has 0 saturated carbocycles. The summed E-state index contributed by atoms with van der Waals surface area (Å²) in [5, 5.41) is 9.24. The molecular formula is C20H20O3. The van der Waals surface area contributed by atoms with Crippen LogP contribution in [-0.4, -0.2) is 11.1 Å². The quantitative estimate of drug-likeness (QED) is 0.889. The van der Waals surface area contributed by atoms with E-state index in [1.807, 2.05) is 42.5 Å². The maximum Gasteiger partial charge on any atom is 0.331 e. The highest BCUT2D eigenvalue weighted by Gasteiger charge is 2.22. The Morgan fingerprint density at radius 2 is 1.96 bits per heavy atom. The van der Waals surface area contributed by atoms with Gasteiger partial charge in [-0.25, -0.2) is 4.79 Å². The molecule has 1 N–H and O–H groups in total. The second-order valence-corrected chi connectivity index (χ2v) is 6.17. The highest BCUT2D eigenvalue weighted by Crippen LogP contribution is 2.35. The first kappa shape index (κ1) is 15.3. The third kappa shape index (κ3) is 3.29. The van der Waals surface area contributed by atoms with E-state index >= 15 is 0 Å². The van der Waals surface area contributed by atoms with E-state index in [0.29, 0.717) is 24.5 Å². The van der Waals surface area contributed by atoms with Gasteiger partial charge in [0.05, 0.1) is 0 Å². The van der Waals surface area contributed by atoms with E-state index in [1.54, 1.807) is 6.08 Å². The Kier molecular flexibility index (Phi) is 4.20. The Labute approximate surface area is 136 Å². The third-order valence-electron chi connectivity index (χ3n) is 4.12. The monoisotopic (exact) mass is 308 g/mol. The second-order valence-electron chi connectivity index (χ2n) is 6.17. The van der Waals surface area contributed by atoms with E-state index in [9.17, 15) is 9.90 Å². The van der Waals surface area contributed by atoms with E-state index in [2.05, 4.69) is 13.8 Å². The van der Waals surface area contributed by atoms with Crippen molar-refractivity contribution in [2.75, 3.05) is 0 Å². The summed E-state index contributed by atoms with van der Waals surface area (Å²) in [6.45, 7) is 4.74. The Bertz CT molecular complexity index is 758. The molecule has 2 aromatic rings. The zero-order valence-corrected chi connectivity index (χ0v) is 13.4. The van der Waals surface area contributed by atoms with Gasteiger partial charge in [0.25, 0.3) is 0 Å². The topological polar surface area (TPSA) is 46.5 Å². The van der Waals surface area contributed by atoms with E-state index in [4.69, 9.17) is 4.74 Å². The summed E-state index contributed by atoms with van der Waals surface area (Å²) in [6.07, 6.45) is 2.26. The van der Waals surface area contributed by atoms with Crippen molar-refractivity contribution in [3.8, 4) is 5.75 Å². The highest BCUT2D eigenvalue weighted by molar-refractivity contribution is 5.95. The fourth-order valence-electron chi connectivity index (χ4n) is 2.90. The van der Waals surface area contributed by atoms with Crippen LogP contribution in [0.3, 0.4) is 0 Å². The molecule has 0 heterocycles. The van der Waals surface area contributed by atoms with E-state index in [1.165, 1.54) is 0 Å². The number of fused-ring (bicyclic) bond motifs is 1. The third-order valence-corrected chi connectivity index (χ3v) is 4.12. The molecule has 0 saturated heterocycles. The van der Waals surface area contributed by atoms with Crippen LogP contribution in [-0.2, 0) is 17.8 Å². The van der Waals surface area contributed by atoms with Gasteiger partial charge in [0.2, 0.25) is 0 Å². The van der Waals surface area contributed by atoms with Crippen molar-refractivity contribution in [3.63, 3.8) is 0 Å². The molecule has 1 aliphatic rings. The molecule has 3 nitrogen and oxygen atoms in total. The average molecular weight is 308 g/mol. The maximum absolute atomic E-state index is 11.2. The number of ether oxygens (including phenoxy) is 1. The van der Waals surface area contributed by atoms with Gasteiger partial charge in [0, 0.05) is 12.0 Å². The van der Waals surface area contributed by atoms with Gasteiger partial charge in [0.15, 0.2) is 0 Å². The van der Waals surface area contributed by atoms with Crippen molar-refractivity contribution >= 4 is 12.0 Å². The van der Waals surface area contributed by atoms with Crippen LogP contribution >= 0.6 is 0 Å². The van der Waals surface area contributed by atoms with Gasteiger partial charge in [0.1, 0.15) is 12.4 Å². The molecule has 0 unspecified atom stereocenters. The van der Waals surface area contributed by atoms with Crippen LogP contribution in [0, 0.1) is 0 Å². The lowest BCUT2D eigenvalue weighted by molar-refractivity contribution is -0.132. The van der Waals surface area contributed by atoms with Crippen molar-refractivity contribution in [2.24, 2.45) is 0 Å². The highest BCUT2D eigenvalue weighted by atomic mass is 16.5. The van der Waals surface area contributed by atoms with E-state index in [-0.39, 0.29) is 0 Å². The molecule has 118 valence electrons. The average Bonchev–Trinajstić information content (AvgIpc) is 2.97. The molecule has 0 fully saturated rings. The first-order valence-electron chi connectivity index (χ1n) is 7.82. The minimum atomic E-state index is -0.845. The molecule has 0 aliphatic heterocycles. The van der Waals surface area contributed by atoms with Crippen LogP contribution < -0.4 is 4.74 Å². The predicted molar refractivity (Wildman–Crippen MR) is 90.6 cm³/mol. The number of hydrogen-bond donors (Lipinski definition) is 1. The van der Waals surface area contributed by atoms with Crippen LogP contribution in [0.2, 0.25) is 0 Å². The van der Waals surface area contributed by atoms with Crippen molar-refractivity contribution in [1.82, 2.24) is 0 Å². The summed E-state index contributed by atoms with van der Waals surface area (Å²) in [5.74, 6) is 0.271. The molecule has 0 spiro atoms. The van der Waals surface area contributed by atoms with Crippen molar-refractivity contribution in [1.29, 1.82) is 0 Å². The van der Waals surface area contributed by atoms with Gasteiger partial charge < -0.3 is 9.84 Å². The Morgan fingerprint density at radius 3 is 2.61 bits per heavy atom. The number of benzene rings is 2. The minimum Gasteiger partial charge on any atom is -0.489 e. The number of carboxylic acids is 1. The summed E-state index contributed by atoms with van der Waals surface area (Å²) >= 11 is 0. The molecule has 0 radical (unpaired) electrons. The first-order chi connectivity index (χ1) is 11.0. The summed E-state index contributed by atoms with van der Waals surface area (Å²) in [6, 6.07) is 14.0. The molecule has 23 heavy (non-hydrogen) atoms. The molecule has 3 heteroatoms. The Hall–Kier alpha value is -2.55. The van der Waals surface area contributed by atoms with Gasteiger partial charge in [-0.2, -0.15) is 0 Å². The van der Waals surface area contributed by atoms with Crippen molar-refractivity contribution in [3.05, 3.63) is 70.3 Å². The number of rotatable bonds is 5. The normalized spacial score (nSPS) is 12.9. The fourth-order valence-corrected chi connectivity index (χ4v) is 2.90. The SMILES string of the molecule is CC(C)c1cc(OCc2ccccc2)cc2c1C=C(C(=O)O)C2. The van der Waals surface area contributed by atoms with Crippen LogP contribution in [0.5, 0.6) is 5.75 Å². The number of aliphatic carboxylic acids is 1. The summed E-state index contributed by atoms with van der Waals surface area (Å²) in [4.78, 5) is 11.2. The number of carbonyl (C=O) groups is 1. The Balaban J connectivity index is 1.87. The van der Waals surface area contributed by atoms with Gasteiger partial charge >= 0.3 is 5.97 Å². The smallest absolute Gasteiger partial charge is 0.331 e. The minimum absolute atomic E-state index is 0.313. The summed E-state index contributed by atoms with van der Waals surface area (Å²) < 4.78 is 5.93. The lowest BCUT2D eigenvalue weighted by Gasteiger charge is -2.15. The first-order valence-corrected chi connectivity index (χ1v) is 7.82. The summed E-state index contributed by atoms with van der Waals surface area (Å²) in [7, 11) is 0. The maximum atomic E-state index is 11.2. The van der Waals surface area contributed by atoms with Gasteiger partial charge in [-0.15, -0.1) is 0 Å². The molecule has 3 rings (SSSR count). The molecule has 0 amide bonds. The molecule has 0 bridgehead atoms. The van der Waals surface area contributed by atoms with E-state index in [0.717, 1.165) is 28.0 Å². The van der Waals surface area contributed by atoms with Gasteiger partial charge in [-0.3, -0.25) is 0 Å². The Morgan fingerprint density at radius 1 is 1.22 bits per heavy atom. The zero-order chi connectivity index (χ0) is 16.4. The van der Waals surface area contributed by atoms with E-state index < -0.39 is 5.97 Å². The number of carboxylic acid groups (broad SMARTS) is 1. The lowest BCUT2D eigenvalue weighted by atomic mass is 9.94. The molecule has 0 aromatic heterocycles. The van der Waals surface area contributed by atoms with Crippen LogP contribution in [0.4, 0.5) is 0 Å².